The smallest absolute Gasteiger partial charge is 0.260 e. The lowest BCUT2D eigenvalue weighted by Crippen LogP contribution is -2.49. The van der Waals surface area contributed by atoms with Crippen LogP contribution in [0.15, 0.2) is 54.7 Å². The van der Waals surface area contributed by atoms with Crippen molar-refractivity contribution in [3.63, 3.8) is 0 Å². The topological polar surface area (TPSA) is 81.2 Å². The predicted molar refractivity (Wildman–Crippen MR) is 157 cm³/mol. The standard InChI is InChI=1S/C31H36N6O3/c1-4-40-28-17-22(30(38)37-15-13-36(14-16-37)20-21-9-10-21)11-12-24(28)33-29-18-26-27(19-32-29)35(3)31(39)23-7-5-6-8-25(23)34(26)2/h5-8,11-12,17-19,21H,4,9-10,13-16,20H2,1-3H3,(H,32,33). The second-order valence-corrected chi connectivity index (χ2v) is 10.8. The van der Waals surface area contributed by atoms with Crippen molar-refractivity contribution in [2.75, 3.05) is 68.5 Å². The van der Waals surface area contributed by atoms with E-state index in [1.165, 1.54) is 19.4 Å². The summed E-state index contributed by atoms with van der Waals surface area (Å²) in [5.74, 6) is 2.03. The molecule has 1 N–H and O–H groups in total. The van der Waals surface area contributed by atoms with Crippen LogP contribution in [-0.2, 0) is 0 Å². The first-order valence-electron chi connectivity index (χ1n) is 14.1. The summed E-state index contributed by atoms with van der Waals surface area (Å²) in [5, 5.41) is 3.38. The summed E-state index contributed by atoms with van der Waals surface area (Å²) in [6.45, 7) is 6.94. The molecule has 3 aromatic rings. The molecule has 3 aliphatic rings. The molecule has 2 amide bonds. The Bertz CT molecular complexity index is 1430. The second-order valence-electron chi connectivity index (χ2n) is 10.8. The van der Waals surface area contributed by atoms with E-state index < -0.39 is 0 Å². The van der Waals surface area contributed by atoms with Crippen LogP contribution in [0.4, 0.5) is 28.6 Å². The van der Waals surface area contributed by atoms with Gasteiger partial charge >= 0.3 is 0 Å². The largest absolute Gasteiger partial charge is 0.492 e. The summed E-state index contributed by atoms with van der Waals surface area (Å²) in [5.41, 5.74) is 4.39. The van der Waals surface area contributed by atoms with Gasteiger partial charge in [0.05, 0.1) is 41.1 Å². The van der Waals surface area contributed by atoms with Crippen molar-refractivity contribution in [3.05, 3.63) is 65.9 Å². The number of pyridine rings is 1. The third kappa shape index (κ3) is 5.09. The Morgan fingerprint density at radius 1 is 0.975 bits per heavy atom. The fourth-order valence-corrected chi connectivity index (χ4v) is 5.55. The number of carbonyl (C=O) groups excluding carboxylic acids is 2. The van der Waals surface area contributed by atoms with Gasteiger partial charge in [0.1, 0.15) is 11.6 Å². The molecule has 0 atom stereocenters. The maximum atomic E-state index is 13.3. The number of ether oxygens (including phenoxy) is 1. The van der Waals surface area contributed by atoms with Crippen LogP contribution in [0, 0.1) is 5.92 Å². The maximum absolute atomic E-state index is 13.3. The molecule has 1 saturated heterocycles. The molecule has 3 heterocycles. The van der Waals surface area contributed by atoms with E-state index in [4.69, 9.17) is 4.74 Å². The second kappa shape index (κ2) is 10.8. The normalized spacial score (nSPS) is 17.3. The molecule has 9 heteroatoms. The first kappa shape index (κ1) is 26.1. The molecule has 6 rings (SSSR count). The van der Waals surface area contributed by atoms with E-state index in [9.17, 15) is 9.59 Å². The fourth-order valence-electron chi connectivity index (χ4n) is 5.55. The van der Waals surface area contributed by atoms with Gasteiger partial charge in [-0.05, 0) is 56.0 Å². The fraction of sp³-hybridized carbons (Fsp3) is 0.387. The number of hydrogen-bond acceptors (Lipinski definition) is 7. The average molecular weight is 541 g/mol. The summed E-state index contributed by atoms with van der Waals surface area (Å²) in [4.78, 5) is 39.1. The van der Waals surface area contributed by atoms with Gasteiger partial charge in [-0.3, -0.25) is 14.5 Å². The van der Waals surface area contributed by atoms with Crippen LogP contribution in [0.25, 0.3) is 0 Å². The van der Waals surface area contributed by atoms with Gasteiger partial charge in [0.15, 0.2) is 0 Å². The number of rotatable bonds is 7. The summed E-state index contributed by atoms with van der Waals surface area (Å²) in [6.07, 6.45) is 4.41. The Balaban J connectivity index is 1.22. The Labute approximate surface area is 235 Å². The molecule has 0 spiro atoms. The van der Waals surface area contributed by atoms with Crippen LogP contribution in [0.2, 0.25) is 0 Å². The van der Waals surface area contributed by atoms with Crippen LogP contribution in [0.3, 0.4) is 0 Å². The zero-order valence-corrected chi connectivity index (χ0v) is 23.4. The summed E-state index contributed by atoms with van der Waals surface area (Å²) in [6, 6.07) is 15.1. The summed E-state index contributed by atoms with van der Waals surface area (Å²) >= 11 is 0. The number of carbonyl (C=O) groups is 2. The molecule has 208 valence electrons. The highest BCUT2D eigenvalue weighted by atomic mass is 16.5. The molecule has 0 radical (unpaired) electrons. The molecule has 9 nitrogen and oxygen atoms in total. The molecule has 40 heavy (non-hydrogen) atoms. The highest BCUT2D eigenvalue weighted by Gasteiger charge is 2.29. The van der Waals surface area contributed by atoms with Gasteiger partial charge in [-0.2, -0.15) is 0 Å². The minimum Gasteiger partial charge on any atom is -0.492 e. The van der Waals surface area contributed by atoms with Crippen molar-refractivity contribution < 1.29 is 14.3 Å². The van der Waals surface area contributed by atoms with Gasteiger partial charge in [-0.25, -0.2) is 4.98 Å². The van der Waals surface area contributed by atoms with Gasteiger partial charge in [0.25, 0.3) is 11.8 Å². The monoisotopic (exact) mass is 540 g/mol. The van der Waals surface area contributed by atoms with Gasteiger partial charge in [0.2, 0.25) is 0 Å². The molecular formula is C31H36N6O3. The summed E-state index contributed by atoms with van der Waals surface area (Å²) < 4.78 is 5.95. The van der Waals surface area contributed by atoms with E-state index in [0.29, 0.717) is 29.3 Å². The van der Waals surface area contributed by atoms with Gasteiger partial charge in [0, 0.05) is 58.4 Å². The quantitative estimate of drug-likeness (QED) is 0.463. The predicted octanol–water partition coefficient (Wildman–Crippen LogP) is 4.75. The number of anilines is 5. The number of benzene rings is 2. The average Bonchev–Trinajstić information content (AvgIpc) is 3.81. The van der Waals surface area contributed by atoms with Gasteiger partial charge < -0.3 is 24.8 Å². The SMILES string of the molecule is CCOc1cc(C(=O)N2CCN(CC3CC3)CC2)ccc1Nc1cc2c(cn1)N(C)C(=O)c1ccccc1N2C. The van der Waals surface area contributed by atoms with Gasteiger partial charge in [-0.1, -0.05) is 12.1 Å². The Morgan fingerprint density at radius 3 is 2.50 bits per heavy atom. The number of nitrogens with zero attached hydrogens (tertiary/aromatic N) is 5. The lowest BCUT2D eigenvalue weighted by atomic mass is 10.1. The highest BCUT2D eigenvalue weighted by Crippen LogP contribution is 2.40. The lowest BCUT2D eigenvalue weighted by molar-refractivity contribution is 0.0631. The number of amides is 2. The Hall–Kier alpha value is -4.11. The Kier molecular flexibility index (Phi) is 7.06. The molecule has 2 fully saturated rings. The first-order chi connectivity index (χ1) is 19.4. The molecule has 1 aromatic heterocycles. The van der Waals surface area contributed by atoms with Crippen molar-refractivity contribution in [3.8, 4) is 5.75 Å². The first-order valence-corrected chi connectivity index (χ1v) is 14.1. The van der Waals surface area contributed by atoms with Crippen molar-refractivity contribution in [1.29, 1.82) is 0 Å². The van der Waals surface area contributed by atoms with Crippen molar-refractivity contribution in [2.24, 2.45) is 5.92 Å². The van der Waals surface area contributed by atoms with E-state index in [0.717, 1.165) is 54.8 Å². The number of aromatic nitrogens is 1. The van der Waals surface area contributed by atoms with E-state index in [1.54, 1.807) is 18.1 Å². The van der Waals surface area contributed by atoms with Crippen molar-refractivity contribution >= 4 is 40.4 Å². The van der Waals surface area contributed by atoms with E-state index in [1.807, 2.05) is 72.3 Å². The maximum Gasteiger partial charge on any atom is 0.260 e. The number of piperazine rings is 1. The molecule has 1 saturated carbocycles. The zero-order valence-electron chi connectivity index (χ0n) is 23.4. The Morgan fingerprint density at radius 2 is 1.75 bits per heavy atom. The van der Waals surface area contributed by atoms with Crippen LogP contribution in [0.1, 0.15) is 40.5 Å². The van der Waals surface area contributed by atoms with Crippen LogP contribution in [0.5, 0.6) is 5.75 Å². The molecule has 0 unspecified atom stereocenters. The molecule has 2 aliphatic heterocycles. The number of para-hydroxylation sites is 1. The summed E-state index contributed by atoms with van der Waals surface area (Å²) in [7, 11) is 3.72. The number of fused-ring (bicyclic) bond motifs is 2. The highest BCUT2D eigenvalue weighted by molar-refractivity contribution is 6.13. The van der Waals surface area contributed by atoms with Crippen LogP contribution >= 0.6 is 0 Å². The zero-order chi connectivity index (χ0) is 27.8. The molecule has 1 aliphatic carbocycles. The minimum atomic E-state index is -0.0769. The van der Waals surface area contributed by atoms with E-state index in [2.05, 4.69) is 15.2 Å². The molecular weight excluding hydrogens is 504 g/mol. The van der Waals surface area contributed by atoms with E-state index >= 15 is 0 Å². The van der Waals surface area contributed by atoms with Gasteiger partial charge in [-0.15, -0.1) is 0 Å². The van der Waals surface area contributed by atoms with Crippen molar-refractivity contribution in [2.45, 2.75) is 19.8 Å². The van der Waals surface area contributed by atoms with Crippen LogP contribution in [-0.4, -0.2) is 80.0 Å². The molecule has 2 aromatic carbocycles. The lowest BCUT2D eigenvalue weighted by Gasteiger charge is -2.35. The molecule has 0 bridgehead atoms. The van der Waals surface area contributed by atoms with Crippen molar-refractivity contribution in [1.82, 2.24) is 14.8 Å². The van der Waals surface area contributed by atoms with E-state index in [-0.39, 0.29) is 11.8 Å². The third-order valence-electron chi connectivity index (χ3n) is 8.05. The third-order valence-corrected chi connectivity index (χ3v) is 8.05. The number of nitrogens with one attached hydrogen (secondary N) is 1. The van der Waals surface area contributed by atoms with Crippen LogP contribution < -0.4 is 19.9 Å². The minimum absolute atomic E-state index is 0.0368. The number of hydrogen-bond donors (Lipinski definition) is 1.